The van der Waals surface area contributed by atoms with Crippen molar-refractivity contribution in [2.45, 2.75) is 58.6 Å². The van der Waals surface area contributed by atoms with Crippen LogP contribution in [0, 0.1) is 5.41 Å². The Bertz CT molecular complexity index is 421. The molecule has 1 aliphatic rings. The summed E-state index contributed by atoms with van der Waals surface area (Å²) in [5.41, 5.74) is -0.146. The molecule has 0 spiro atoms. The number of sulfonamides is 1. The van der Waals surface area contributed by atoms with Crippen LogP contribution in [0.15, 0.2) is 0 Å². The summed E-state index contributed by atoms with van der Waals surface area (Å²) >= 11 is 0. The van der Waals surface area contributed by atoms with E-state index in [9.17, 15) is 13.2 Å². The lowest BCUT2D eigenvalue weighted by molar-refractivity contribution is -0.137. The zero-order valence-electron chi connectivity index (χ0n) is 12.4. The van der Waals surface area contributed by atoms with Crippen molar-refractivity contribution in [1.82, 2.24) is 4.72 Å². The maximum absolute atomic E-state index is 12.1. The van der Waals surface area contributed by atoms with Gasteiger partial charge in [0.25, 0.3) is 0 Å². The lowest BCUT2D eigenvalue weighted by atomic mass is 9.87. The van der Waals surface area contributed by atoms with Gasteiger partial charge in [-0.15, -0.1) is 0 Å². The van der Waals surface area contributed by atoms with Gasteiger partial charge in [0.05, 0.1) is 18.3 Å². The highest BCUT2D eigenvalue weighted by molar-refractivity contribution is 7.89. The third kappa shape index (κ3) is 7.21. The number of carbonyl (C=O) groups is 1. The van der Waals surface area contributed by atoms with Gasteiger partial charge >= 0.3 is 5.97 Å². The molecule has 6 nitrogen and oxygen atoms in total. The van der Waals surface area contributed by atoms with Crippen LogP contribution < -0.4 is 4.72 Å². The summed E-state index contributed by atoms with van der Waals surface area (Å²) in [6, 6.07) is -0.584. The third-order valence-corrected chi connectivity index (χ3v) is 4.56. The summed E-state index contributed by atoms with van der Waals surface area (Å²) in [6.45, 7) is 6.46. The fourth-order valence-corrected chi connectivity index (χ4v) is 3.95. The molecule has 1 aliphatic heterocycles. The van der Waals surface area contributed by atoms with E-state index in [1.807, 2.05) is 20.8 Å². The molecule has 0 aromatic carbocycles. The van der Waals surface area contributed by atoms with Gasteiger partial charge in [0.2, 0.25) is 10.0 Å². The fraction of sp³-hybridized carbons (Fsp3) is 0.923. The SMILES string of the molecule is CC(C)(C)CC(CC(=O)O)NS(=O)(=O)CC1CCCO1. The number of nitrogens with one attached hydrogen (secondary N) is 1. The molecule has 0 aliphatic carbocycles. The highest BCUT2D eigenvalue weighted by Crippen LogP contribution is 2.23. The predicted octanol–water partition coefficient (Wildman–Crippen LogP) is 1.36. The number of carboxylic acids is 1. The molecule has 118 valence electrons. The van der Waals surface area contributed by atoms with Crippen molar-refractivity contribution in [3.63, 3.8) is 0 Å². The van der Waals surface area contributed by atoms with Gasteiger partial charge in [-0.3, -0.25) is 4.79 Å². The molecule has 20 heavy (non-hydrogen) atoms. The molecule has 0 radical (unpaired) electrons. The van der Waals surface area contributed by atoms with E-state index in [4.69, 9.17) is 9.84 Å². The molecular weight excluding hydrogens is 282 g/mol. The van der Waals surface area contributed by atoms with Crippen molar-refractivity contribution in [1.29, 1.82) is 0 Å². The van der Waals surface area contributed by atoms with Crippen molar-refractivity contribution < 1.29 is 23.1 Å². The number of ether oxygens (including phenoxy) is 1. The van der Waals surface area contributed by atoms with E-state index in [0.717, 1.165) is 12.8 Å². The van der Waals surface area contributed by atoms with Crippen molar-refractivity contribution in [3.8, 4) is 0 Å². The highest BCUT2D eigenvalue weighted by Gasteiger charge is 2.28. The van der Waals surface area contributed by atoms with Crippen LogP contribution in [0.3, 0.4) is 0 Å². The van der Waals surface area contributed by atoms with E-state index in [1.165, 1.54) is 0 Å². The Morgan fingerprint density at radius 3 is 2.55 bits per heavy atom. The second-order valence-corrected chi connectivity index (χ2v) is 8.39. The van der Waals surface area contributed by atoms with Gasteiger partial charge in [0.1, 0.15) is 0 Å². The predicted molar refractivity (Wildman–Crippen MR) is 76.0 cm³/mol. The molecule has 1 rings (SSSR count). The van der Waals surface area contributed by atoms with Gasteiger partial charge in [-0.2, -0.15) is 0 Å². The summed E-state index contributed by atoms with van der Waals surface area (Å²) in [5, 5.41) is 8.90. The van der Waals surface area contributed by atoms with Crippen LogP contribution in [0.2, 0.25) is 0 Å². The summed E-state index contributed by atoms with van der Waals surface area (Å²) in [6.07, 6.45) is 1.61. The first kappa shape index (κ1) is 17.4. The molecule has 2 unspecified atom stereocenters. The number of aliphatic carboxylic acids is 1. The Hall–Kier alpha value is -0.660. The minimum Gasteiger partial charge on any atom is -0.481 e. The number of hydrogen-bond acceptors (Lipinski definition) is 4. The smallest absolute Gasteiger partial charge is 0.304 e. The molecule has 1 saturated heterocycles. The molecule has 2 N–H and O–H groups in total. The first-order chi connectivity index (χ1) is 9.07. The Labute approximate surface area is 120 Å². The number of carboxylic acid groups (broad SMARTS) is 1. The van der Waals surface area contributed by atoms with Crippen LogP contribution in [0.5, 0.6) is 0 Å². The van der Waals surface area contributed by atoms with Crippen LogP contribution in [0.4, 0.5) is 0 Å². The molecule has 0 aromatic heterocycles. The second kappa shape index (κ2) is 6.87. The highest BCUT2D eigenvalue weighted by atomic mass is 32.2. The van der Waals surface area contributed by atoms with Gasteiger partial charge < -0.3 is 9.84 Å². The fourth-order valence-electron chi connectivity index (χ4n) is 2.43. The van der Waals surface area contributed by atoms with Crippen molar-refractivity contribution in [2.24, 2.45) is 5.41 Å². The van der Waals surface area contributed by atoms with E-state index in [0.29, 0.717) is 13.0 Å². The number of hydrogen-bond donors (Lipinski definition) is 2. The Morgan fingerprint density at radius 1 is 1.45 bits per heavy atom. The molecule has 2 atom stereocenters. The summed E-state index contributed by atoms with van der Waals surface area (Å²) < 4.78 is 32.0. The largest absolute Gasteiger partial charge is 0.481 e. The second-order valence-electron chi connectivity index (χ2n) is 6.59. The van der Waals surface area contributed by atoms with Crippen LogP contribution in [0.1, 0.15) is 46.5 Å². The summed E-state index contributed by atoms with van der Waals surface area (Å²) in [5.74, 6) is -1.09. The topological polar surface area (TPSA) is 92.7 Å². The van der Waals surface area contributed by atoms with E-state index < -0.39 is 22.0 Å². The average molecular weight is 307 g/mol. The van der Waals surface area contributed by atoms with Gasteiger partial charge in [-0.25, -0.2) is 13.1 Å². The Morgan fingerprint density at radius 2 is 2.10 bits per heavy atom. The quantitative estimate of drug-likeness (QED) is 0.741. The van der Waals surface area contributed by atoms with Crippen LogP contribution in [-0.4, -0.2) is 44.0 Å². The van der Waals surface area contributed by atoms with Crippen LogP contribution in [0.25, 0.3) is 0 Å². The van der Waals surface area contributed by atoms with Crippen molar-refractivity contribution in [3.05, 3.63) is 0 Å². The standard InChI is InChI=1S/C13H25NO5S/c1-13(2,3)8-10(7-12(15)16)14-20(17,18)9-11-5-4-6-19-11/h10-11,14H,4-9H2,1-3H3,(H,15,16). The third-order valence-electron chi connectivity index (χ3n) is 3.06. The van der Waals surface area contributed by atoms with E-state index in [-0.39, 0.29) is 23.7 Å². The van der Waals surface area contributed by atoms with E-state index >= 15 is 0 Å². The minimum atomic E-state index is -3.52. The molecule has 0 bridgehead atoms. The van der Waals surface area contributed by atoms with Gasteiger partial charge in [0, 0.05) is 12.6 Å². The van der Waals surface area contributed by atoms with Crippen LogP contribution >= 0.6 is 0 Å². The normalized spacial score (nSPS) is 21.9. The maximum atomic E-state index is 12.1. The van der Waals surface area contributed by atoms with Gasteiger partial charge in [-0.05, 0) is 24.7 Å². The first-order valence-electron chi connectivity index (χ1n) is 6.91. The molecule has 0 saturated carbocycles. The Balaban J connectivity index is 2.63. The lowest BCUT2D eigenvalue weighted by Gasteiger charge is -2.26. The zero-order chi connectivity index (χ0) is 15.4. The number of rotatable bonds is 7. The van der Waals surface area contributed by atoms with Gasteiger partial charge in [0.15, 0.2) is 0 Å². The van der Waals surface area contributed by atoms with Crippen LogP contribution in [-0.2, 0) is 19.6 Å². The van der Waals surface area contributed by atoms with Gasteiger partial charge in [-0.1, -0.05) is 20.8 Å². The minimum absolute atomic E-state index is 0.0900. The molecule has 0 aromatic rings. The maximum Gasteiger partial charge on any atom is 0.304 e. The molecule has 0 amide bonds. The summed E-state index contributed by atoms with van der Waals surface area (Å²) in [7, 11) is -3.52. The van der Waals surface area contributed by atoms with E-state index in [2.05, 4.69) is 4.72 Å². The molecule has 1 fully saturated rings. The average Bonchev–Trinajstić information content (AvgIpc) is 2.63. The lowest BCUT2D eigenvalue weighted by Crippen LogP contribution is -2.42. The van der Waals surface area contributed by atoms with Crippen molar-refractivity contribution >= 4 is 16.0 Å². The zero-order valence-corrected chi connectivity index (χ0v) is 13.2. The Kier molecular flexibility index (Phi) is 5.97. The molecular formula is C13H25NO5S. The monoisotopic (exact) mass is 307 g/mol. The first-order valence-corrected chi connectivity index (χ1v) is 8.56. The molecule has 7 heteroatoms. The van der Waals surface area contributed by atoms with Crippen molar-refractivity contribution in [2.75, 3.05) is 12.4 Å². The van der Waals surface area contributed by atoms with E-state index in [1.54, 1.807) is 0 Å². The molecule has 1 heterocycles. The summed E-state index contributed by atoms with van der Waals surface area (Å²) in [4.78, 5) is 10.9.